The van der Waals surface area contributed by atoms with E-state index in [1.807, 2.05) is 44.2 Å². The van der Waals surface area contributed by atoms with Crippen LogP contribution in [0.15, 0.2) is 40.3 Å². The van der Waals surface area contributed by atoms with Crippen molar-refractivity contribution >= 4 is 44.9 Å². The fourth-order valence-corrected chi connectivity index (χ4v) is 6.17. The monoisotopic (exact) mass is 427 g/mol. The Bertz CT molecular complexity index is 1090. The van der Waals surface area contributed by atoms with Crippen LogP contribution in [0.1, 0.15) is 37.1 Å². The van der Waals surface area contributed by atoms with Crippen LogP contribution in [-0.2, 0) is 24.2 Å². The molecule has 4 rings (SSSR count). The predicted octanol–water partition coefficient (Wildman–Crippen LogP) is 4.50. The molecule has 2 aromatic heterocycles. The predicted molar refractivity (Wildman–Crippen MR) is 121 cm³/mol. The maximum atomic E-state index is 13.2. The lowest BCUT2D eigenvalue weighted by Gasteiger charge is -2.21. The summed E-state index contributed by atoms with van der Waals surface area (Å²) >= 11 is 3.02. The van der Waals surface area contributed by atoms with Crippen molar-refractivity contribution in [1.82, 2.24) is 9.55 Å². The van der Waals surface area contributed by atoms with Crippen LogP contribution in [0, 0.1) is 0 Å². The van der Waals surface area contributed by atoms with Gasteiger partial charge in [-0.15, -0.1) is 11.3 Å². The van der Waals surface area contributed by atoms with Crippen LogP contribution in [0.25, 0.3) is 10.2 Å². The second-order valence-corrected chi connectivity index (χ2v) is 9.12. The van der Waals surface area contributed by atoms with Gasteiger partial charge in [0.05, 0.1) is 11.1 Å². The number of benzene rings is 1. The highest BCUT2D eigenvalue weighted by Crippen LogP contribution is 2.34. The highest BCUT2D eigenvalue weighted by molar-refractivity contribution is 7.99. The van der Waals surface area contributed by atoms with Crippen LogP contribution in [0.2, 0.25) is 0 Å². The number of rotatable bonds is 6. The smallest absolute Gasteiger partial charge is 0.263 e. The van der Waals surface area contributed by atoms with Gasteiger partial charge in [0, 0.05) is 23.7 Å². The molecule has 0 saturated carbocycles. The minimum absolute atomic E-state index is 0.0196. The number of aromatic nitrogens is 2. The van der Waals surface area contributed by atoms with E-state index in [9.17, 15) is 9.59 Å². The van der Waals surface area contributed by atoms with Crippen molar-refractivity contribution in [1.29, 1.82) is 0 Å². The zero-order valence-corrected chi connectivity index (χ0v) is 18.4. The van der Waals surface area contributed by atoms with Gasteiger partial charge in [0.15, 0.2) is 5.16 Å². The molecule has 0 radical (unpaired) electrons. The minimum atomic E-state index is 0.0196. The minimum Gasteiger partial charge on any atom is -0.312 e. The topological polar surface area (TPSA) is 55.2 Å². The van der Waals surface area contributed by atoms with Crippen LogP contribution >= 0.6 is 23.1 Å². The van der Waals surface area contributed by atoms with Crippen molar-refractivity contribution in [2.24, 2.45) is 0 Å². The highest BCUT2D eigenvalue weighted by atomic mass is 32.2. The molecule has 0 fully saturated rings. The molecular formula is C22H25N3O2S2. The quantitative estimate of drug-likeness (QED) is 0.429. The van der Waals surface area contributed by atoms with Gasteiger partial charge in [-0.1, -0.05) is 30.0 Å². The van der Waals surface area contributed by atoms with E-state index in [-0.39, 0.29) is 17.2 Å². The number of nitrogens with zero attached hydrogens (tertiary/aromatic N) is 3. The first-order valence-corrected chi connectivity index (χ1v) is 12.0. The Morgan fingerprint density at radius 1 is 1.21 bits per heavy atom. The summed E-state index contributed by atoms with van der Waals surface area (Å²) in [6.45, 7) is 5.09. The van der Waals surface area contributed by atoms with Crippen LogP contribution in [0.3, 0.4) is 0 Å². The first-order valence-electron chi connectivity index (χ1n) is 10.2. The second-order valence-electron chi connectivity index (χ2n) is 7.10. The Kier molecular flexibility index (Phi) is 6.06. The highest BCUT2D eigenvalue weighted by Gasteiger charge is 2.22. The molecular weight excluding hydrogens is 402 g/mol. The van der Waals surface area contributed by atoms with Gasteiger partial charge in [-0.05, 0) is 57.2 Å². The van der Waals surface area contributed by atoms with Crippen molar-refractivity contribution in [3.63, 3.8) is 0 Å². The van der Waals surface area contributed by atoms with Crippen LogP contribution in [0.4, 0.5) is 5.69 Å². The van der Waals surface area contributed by atoms with E-state index >= 15 is 0 Å². The van der Waals surface area contributed by atoms with Gasteiger partial charge in [-0.25, -0.2) is 4.98 Å². The molecule has 0 bridgehead atoms. The lowest BCUT2D eigenvalue weighted by atomic mass is 9.97. The lowest BCUT2D eigenvalue weighted by molar-refractivity contribution is -0.116. The van der Waals surface area contributed by atoms with E-state index in [0.29, 0.717) is 18.2 Å². The van der Waals surface area contributed by atoms with Gasteiger partial charge >= 0.3 is 0 Å². The average molecular weight is 428 g/mol. The average Bonchev–Trinajstić information content (AvgIpc) is 3.12. The van der Waals surface area contributed by atoms with Gasteiger partial charge in [-0.3, -0.25) is 14.2 Å². The number of thioether (sulfide) groups is 1. The summed E-state index contributed by atoms with van der Waals surface area (Å²) in [4.78, 5) is 34.8. The number of aryl methyl sites for hydroxylation is 2. The first-order chi connectivity index (χ1) is 14.1. The molecule has 1 amide bonds. The molecule has 0 unspecified atom stereocenters. The molecule has 0 aliphatic heterocycles. The Morgan fingerprint density at radius 2 is 1.97 bits per heavy atom. The van der Waals surface area contributed by atoms with E-state index in [2.05, 4.69) is 0 Å². The molecule has 1 aliphatic rings. The van der Waals surface area contributed by atoms with E-state index < -0.39 is 0 Å². The van der Waals surface area contributed by atoms with Crippen molar-refractivity contribution < 1.29 is 4.79 Å². The third-order valence-corrected chi connectivity index (χ3v) is 7.51. The van der Waals surface area contributed by atoms with E-state index in [4.69, 9.17) is 4.98 Å². The molecule has 2 heterocycles. The van der Waals surface area contributed by atoms with Crippen molar-refractivity contribution in [3.8, 4) is 0 Å². The molecule has 3 aromatic rings. The number of para-hydroxylation sites is 1. The van der Waals surface area contributed by atoms with E-state index in [1.165, 1.54) is 28.6 Å². The second kappa shape index (κ2) is 8.71. The van der Waals surface area contributed by atoms with Crippen LogP contribution in [-0.4, -0.2) is 27.8 Å². The summed E-state index contributed by atoms with van der Waals surface area (Å²) in [5.41, 5.74) is 2.15. The number of hydrogen-bond acceptors (Lipinski definition) is 5. The van der Waals surface area contributed by atoms with E-state index in [1.54, 1.807) is 20.8 Å². The summed E-state index contributed by atoms with van der Waals surface area (Å²) in [5.74, 6) is 0.275. The number of thiophene rings is 1. The number of hydrogen-bond donors (Lipinski definition) is 0. The number of amides is 1. The van der Waals surface area contributed by atoms with Gasteiger partial charge in [0.25, 0.3) is 5.56 Å². The number of anilines is 1. The van der Waals surface area contributed by atoms with Crippen LogP contribution < -0.4 is 10.5 Å². The standard InChI is InChI=1S/C22H25N3O2S2/c1-3-24(15-10-6-5-7-11-15)18(26)14-28-22-23-20-19(21(27)25(22)4-2)16-12-8-9-13-17(16)29-20/h5-7,10-11H,3-4,8-9,12-14H2,1-2H3. The molecule has 1 aliphatic carbocycles. The zero-order chi connectivity index (χ0) is 20.4. The van der Waals surface area contributed by atoms with Crippen molar-refractivity contribution in [2.75, 3.05) is 17.2 Å². The molecule has 152 valence electrons. The van der Waals surface area contributed by atoms with Gasteiger partial charge in [-0.2, -0.15) is 0 Å². The maximum Gasteiger partial charge on any atom is 0.263 e. The Balaban J connectivity index is 1.62. The molecule has 7 heteroatoms. The molecule has 0 atom stereocenters. The summed E-state index contributed by atoms with van der Waals surface area (Å²) in [5, 5.41) is 1.45. The molecule has 5 nitrogen and oxygen atoms in total. The molecule has 0 saturated heterocycles. The third kappa shape index (κ3) is 3.85. The molecule has 0 spiro atoms. The van der Waals surface area contributed by atoms with Crippen molar-refractivity contribution in [2.45, 2.75) is 51.2 Å². The van der Waals surface area contributed by atoms with Crippen molar-refractivity contribution in [3.05, 3.63) is 51.1 Å². The molecule has 29 heavy (non-hydrogen) atoms. The van der Waals surface area contributed by atoms with Gasteiger partial charge in [0.1, 0.15) is 4.83 Å². The van der Waals surface area contributed by atoms with Gasteiger partial charge < -0.3 is 4.90 Å². The number of carbonyl (C=O) groups excluding carboxylic acids is 1. The summed E-state index contributed by atoms with van der Waals surface area (Å²) in [6, 6.07) is 9.68. The number of carbonyl (C=O) groups is 1. The Hall–Kier alpha value is -2.12. The lowest BCUT2D eigenvalue weighted by Crippen LogP contribution is -2.32. The largest absolute Gasteiger partial charge is 0.312 e. The third-order valence-electron chi connectivity index (χ3n) is 5.37. The van der Waals surface area contributed by atoms with Crippen LogP contribution in [0.5, 0.6) is 0 Å². The Labute approximate surface area is 178 Å². The maximum absolute atomic E-state index is 13.2. The summed E-state index contributed by atoms with van der Waals surface area (Å²) < 4.78 is 1.72. The number of fused-ring (bicyclic) bond motifs is 3. The molecule has 1 aromatic carbocycles. The Morgan fingerprint density at radius 3 is 2.69 bits per heavy atom. The fourth-order valence-electron chi connectivity index (χ4n) is 3.92. The zero-order valence-electron chi connectivity index (χ0n) is 16.8. The normalized spacial score (nSPS) is 13.4. The van der Waals surface area contributed by atoms with Gasteiger partial charge in [0.2, 0.25) is 5.91 Å². The summed E-state index contributed by atoms with van der Waals surface area (Å²) in [7, 11) is 0. The first kappa shape index (κ1) is 20.2. The molecule has 0 N–H and O–H groups in total. The summed E-state index contributed by atoms with van der Waals surface area (Å²) in [6.07, 6.45) is 4.35. The SMILES string of the molecule is CCN(C(=O)CSc1nc2sc3c(c2c(=O)n1CC)CCCC3)c1ccccc1. The van der Waals surface area contributed by atoms with E-state index in [0.717, 1.165) is 35.2 Å². The fraction of sp³-hybridized carbons (Fsp3) is 0.409.